The molecule has 3 rings (SSSR count). The fraction of sp³-hybridized carbons (Fsp3) is 0.368. The third-order valence-electron chi connectivity index (χ3n) is 4.33. The van der Waals surface area contributed by atoms with E-state index in [0.717, 1.165) is 38.0 Å². The molecule has 1 atom stereocenters. The second-order valence-electron chi connectivity index (χ2n) is 6.01. The minimum atomic E-state index is 0.265. The Morgan fingerprint density at radius 1 is 1.14 bits per heavy atom. The van der Waals surface area contributed by atoms with Crippen molar-refractivity contribution in [3.63, 3.8) is 0 Å². The highest BCUT2D eigenvalue weighted by molar-refractivity contribution is 5.76. The van der Waals surface area contributed by atoms with Gasteiger partial charge in [-0.1, -0.05) is 36.4 Å². The molecule has 1 aliphatic rings. The SMILES string of the molecule is O=C(CCc1ccccn1)N1CCC(Cc2ccccc2)C1. The molecule has 22 heavy (non-hydrogen) atoms. The van der Waals surface area contributed by atoms with Gasteiger partial charge < -0.3 is 4.90 Å². The van der Waals surface area contributed by atoms with Gasteiger partial charge in [0, 0.05) is 31.4 Å². The minimum Gasteiger partial charge on any atom is -0.342 e. The van der Waals surface area contributed by atoms with E-state index in [-0.39, 0.29) is 5.91 Å². The first-order valence-corrected chi connectivity index (χ1v) is 8.03. The van der Waals surface area contributed by atoms with Crippen LogP contribution in [0.3, 0.4) is 0 Å². The maximum absolute atomic E-state index is 12.3. The molecule has 0 N–H and O–H groups in total. The lowest BCUT2D eigenvalue weighted by Crippen LogP contribution is -2.29. The van der Waals surface area contributed by atoms with Crippen molar-refractivity contribution in [1.29, 1.82) is 0 Å². The average Bonchev–Trinajstić information content (AvgIpc) is 3.03. The van der Waals surface area contributed by atoms with E-state index >= 15 is 0 Å². The summed E-state index contributed by atoms with van der Waals surface area (Å²) in [6.45, 7) is 1.80. The predicted molar refractivity (Wildman–Crippen MR) is 87.4 cm³/mol. The molecule has 1 aromatic heterocycles. The molecule has 2 heterocycles. The van der Waals surface area contributed by atoms with Gasteiger partial charge in [-0.05, 0) is 42.9 Å². The van der Waals surface area contributed by atoms with E-state index < -0.39 is 0 Å². The van der Waals surface area contributed by atoms with Crippen molar-refractivity contribution in [1.82, 2.24) is 9.88 Å². The standard InChI is InChI=1S/C19H22N2O/c22-19(10-9-18-8-4-5-12-20-18)21-13-11-17(15-21)14-16-6-2-1-3-7-16/h1-8,12,17H,9-11,13-15H2. The van der Waals surface area contributed by atoms with Gasteiger partial charge in [0.15, 0.2) is 0 Å². The maximum Gasteiger partial charge on any atom is 0.222 e. The molecule has 1 aromatic carbocycles. The van der Waals surface area contributed by atoms with Crippen molar-refractivity contribution in [2.45, 2.75) is 25.7 Å². The van der Waals surface area contributed by atoms with Gasteiger partial charge in [-0.3, -0.25) is 9.78 Å². The van der Waals surface area contributed by atoms with Crippen LogP contribution in [0.1, 0.15) is 24.1 Å². The van der Waals surface area contributed by atoms with Gasteiger partial charge in [-0.25, -0.2) is 0 Å². The molecular weight excluding hydrogens is 272 g/mol. The van der Waals surface area contributed by atoms with E-state index in [9.17, 15) is 4.79 Å². The Kier molecular flexibility index (Phi) is 4.84. The third kappa shape index (κ3) is 3.94. The summed E-state index contributed by atoms with van der Waals surface area (Å²) in [4.78, 5) is 18.6. The lowest BCUT2D eigenvalue weighted by atomic mass is 9.99. The van der Waals surface area contributed by atoms with Crippen molar-refractivity contribution < 1.29 is 4.79 Å². The van der Waals surface area contributed by atoms with E-state index in [2.05, 4.69) is 29.2 Å². The fourth-order valence-corrected chi connectivity index (χ4v) is 3.11. The Hall–Kier alpha value is -2.16. The molecule has 1 saturated heterocycles. The highest BCUT2D eigenvalue weighted by atomic mass is 16.2. The summed E-state index contributed by atoms with van der Waals surface area (Å²) in [5.41, 5.74) is 2.37. The number of likely N-dealkylation sites (tertiary alicyclic amines) is 1. The molecule has 1 amide bonds. The van der Waals surface area contributed by atoms with Gasteiger partial charge in [-0.15, -0.1) is 0 Å². The van der Waals surface area contributed by atoms with Crippen molar-refractivity contribution >= 4 is 5.91 Å². The molecule has 1 fully saturated rings. The zero-order valence-corrected chi connectivity index (χ0v) is 12.8. The molecule has 0 radical (unpaired) electrons. The van der Waals surface area contributed by atoms with Crippen LogP contribution in [-0.4, -0.2) is 28.9 Å². The lowest BCUT2D eigenvalue weighted by Gasteiger charge is -2.16. The van der Waals surface area contributed by atoms with Crippen molar-refractivity contribution in [2.24, 2.45) is 5.92 Å². The van der Waals surface area contributed by atoms with E-state index in [1.54, 1.807) is 6.20 Å². The van der Waals surface area contributed by atoms with Crippen molar-refractivity contribution in [2.75, 3.05) is 13.1 Å². The highest BCUT2D eigenvalue weighted by Crippen LogP contribution is 2.21. The van der Waals surface area contributed by atoms with Crippen LogP contribution < -0.4 is 0 Å². The number of carbonyl (C=O) groups excluding carboxylic acids is 1. The summed E-state index contributed by atoms with van der Waals surface area (Å²) in [7, 11) is 0. The molecule has 0 bridgehead atoms. The molecule has 0 saturated carbocycles. The number of pyridine rings is 1. The van der Waals surface area contributed by atoms with Crippen LogP contribution in [-0.2, 0) is 17.6 Å². The maximum atomic E-state index is 12.3. The quantitative estimate of drug-likeness (QED) is 0.849. The van der Waals surface area contributed by atoms with Crippen LogP contribution in [0.2, 0.25) is 0 Å². The van der Waals surface area contributed by atoms with Crippen LogP contribution >= 0.6 is 0 Å². The number of benzene rings is 1. The number of rotatable bonds is 5. The summed E-state index contributed by atoms with van der Waals surface area (Å²) in [5.74, 6) is 0.863. The highest BCUT2D eigenvalue weighted by Gasteiger charge is 2.25. The van der Waals surface area contributed by atoms with Crippen LogP contribution in [0, 0.1) is 5.92 Å². The minimum absolute atomic E-state index is 0.265. The van der Waals surface area contributed by atoms with Crippen LogP contribution in [0.25, 0.3) is 0 Å². The molecular formula is C19H22N2O. The van der Waals surface area contributed by atoms with Gasteiger partial charge >= 0.3 is 0 Å². The summed E-state index contributed by atoms with van der Waals surface area (Å²) in [6, 6.07) is 16.4. The van der Waals surface area contributed by atoms with Crippen molar-refractivity contribution in [3.8, 4) is 0 Å². The van der Waals surface area contributed by atoms with E-state index in [0.29, 0.717) is 12.3 Å². The summed E-state index contributed by atoms with van der Waals surface area (Å²) < 4.78 is 0. The number of carbonyl (C=O) groups is 1. The van der Waals surface area contributed by atoms with Crippen molar-refractivity contribution in [3.05, 3.63) is 66.0 Å². The zero-order valence-electron chi connectivity index (χ0n) is 12.8. The topological polar surface area (TPSA) is 33.2 Å². The number of hydrogen-bond acceptors (Lipinski definition) is 2. The monoisotopic (exact) mass is 294 g/mol. The molecule has 3 nitrogen and oxygen atoms in total. The summed E-state index contributed by atoms with van der Waals surface area (Å²) >= 11 is 0. The Morgan fingerprint density at radius 3 is 2.73 bits per heavy atom. The van der Waals surface area contributed by atoms with E-state index in [1.165, 1.54) is 5.56 Å². The van der Waals surface area contributed by atoms with Gasteiger partial charge in [0.05, 0.1) is 0 Å². The molecule has 114 valence electrons. The van der Waals surface area contributed by atoms with Crippen LogP contribution in [0.4, 0.5) is 0 Å². The zero-order chi connectivity index (χ0) is 15.2. The average molecular weight is 294 g/mol. The first-order valence-electron chi connectivity index (χ1n) is 8.03. The number of aromatic nitrogens is 1. The molecule has 3 heteroatoms. The van der Waals surface area contributed by atoms with Gasteiger partial charge in [0.1, 0.15) is 0 Å². The first kappa shape index (κ1) is 14.8. The van der Waals surface area contributed by atoms with E-state index in [1.807, 2.05) is 29.2 Å². The Labute approximate surface area is 132 Å². The van der Waals surface area contributed by atoms with Gasteiger partial charge in [-0.2, -0.15) is 0 Å². The Morgan fingerprint density at radius 2 is 1.95 bits per heavy atom. The first-order chi connectivity index (χ1) is 10.8. The molecule has 1 aliphatic heterocycles. The molecule has 2 aromatic rings. The number of hydrogen-bond donors (Lipinski definition) is 0. The molecule has 0 spiro atoms. The number of aryl methyl sites for hydroxylation is 1. The summed E-state index contributed by atoms with van der Waals surface area (Å²) in [6.07, 6.45) is 5.27. The smallest absolute Gasteiger partial charge is 0.222 e. The third-order valence-corrected chi connectivity index (χ3v) is 4.33. The fourth-order valence-electron chi connectivity index (χ4n) is 3.11. The van der Waals surface area contributed by atoms with E-state index in [4.69, 9.17) is 0 Å². The lowest BCUT2D eigenvalue weighted by molar-refractivity contribution is -0.130. The largest absolute Gasteiger partial charge is 0.342 e. The number of nitrogens with zero attached hydrogens (tertiary/aromatic N) is 2. The Balaban J connectivity index is 1.46. The van der Waals surface area contributed by atoms with Gasteiger partial charge in [0.2, 0.25) is 5.91 Å². The van der Waals surface area contributed by atoms with Gasteiger partial charge in [0.25, 0.3) is 0 Å². The Bertz CT molecular complexity index is 597. The second-order valence-corrected chi connectivity index (χ2v) is 6.01. The summed E-state index contributed by atoms with van der Waals surface area (Å²) in [5, 5.41) is 0. The molecule has 0 aliphatic carbocycles. The second kappa shape index (κ2) is 7.21. The van der Waals surface area contributed by atoms with Crippen LogP contribution in [0.5, 0.6) is 0 Å². The predicted octanol–water partition coefficient (Wildman–Crippen LogP) is 3.11. The molecule has 1 unspecified atom stereocenters. The van der Waals surface area contributed by atoms with Crippen LogP contribution in [0.15, 0.2) is 54.7 Å². The normalized spacial score (nSPS) is 17.6. The number of amides is 1.